The van der Waals surface area contributed by atoms with Gasteiger partial charge < -0.3 is 14.9 Å². The predicted molar refractivity (Wildman–Crippen MR) is 126 cm³/mol. The van der Waals surface area contributed by atoms with Crippen LogP contribution < -0.4 is 0 Å². The lowest BCUT2D eigenvalue weighted by molar-refractivity contribution is 0.0172. The molecule has 2 N–H and O–H groups in total. The summed E-state index contributed by atoms with van der Waals surface area (Å²) in [4.78, 5) is 0. The molecule has 31 heavy (non-hydrogen) atoms. The van der Waals surface area contributed by atoms with E-state index in [0.717, 1.165) is 25.7 Å². The molecule has 3 nitrogen and oxygen atoms in total. The topological polar surface area (TPSA) is 53.0 Å². The zero-order valence-electron chi connectivity index (χ0n) is 20.4. The Balaban J connectivity index is 1.49. The van der Waals surface area contributed by atoms with Crippen LogP contribution in [0.3, 0.4) is 0 Å². The zero-order valence-corrected chi connectivity index (χ0v) is 20.4. The van der Waals surface area contributed by atoms with Crippen LogP contribution in [0, 0.1) is 35.0 Å². The Morgan fingerprint density at radius 1 is 1.16 bits per heavy atom. The van der Waals surface area contributed by atoms with Gasteiger partial charge in [-0.2, -0.15) is 0 Å². The van der Waals surface area contributed by atoms with Crippen molar-refractivity contribution in [2.24, 2.45) is 35.0 Å². The molecule has 0 amide bonds. The Bertz CT molecular complexity index is 759. The molecule has 4 rings (SSSR count). The standard InChI is InChI=1S/C28H44O3/c1-18-9-11-22(29)16-21(18)17-25-28(31-25)15-7-14-27(6)23(12-13-24(27)28)19(2)8-10-20(3)26(4,5)30/h8,10,17,19-24,29-30H,1,7,9,11-16H2,2-6H3/b10-8+,25-17+/t19-,20+,21?,22+,23-,24-,27-,28?/m1/s1. The van der Waals surface area contributed by atoms with E-state index in [0.29, 0.717) is 23.2 Å². The molecule has 174 valence electrons. The average molecular weight is 429 g/mol. The molecule has 2 unspecified atom stereocenters. The van der Waals surface area contributed by atoms with Crippen LogP contribution in [-0.4, -0.2) is 27.5 Å². The molecule has 4 fully saturated rings. The molecule has 0 bridgehead atoms. The van der Waals surface area contributed by atoms with Gasteiger partial charge in [0, 0.05) is 17.8 Å². The minimum absolute atomic E-state index is 0.0474. The first kappa shape index (κ1) is 23.1. The van der Waals surface area contributed by atoms with Crippen molar-refractivity contribution in [2.75, 3.05) is 0 Å². The summed E-state index contributed by atoms with van der Waals surface area (Å²) in [6.45, 7) is 15.0. The third-order valence-electron chi connectivity index (χ3n) is 9.56. The third-order valence-corrected chi connectivity index (χ3v) is 9.56. The molecule has 0 radical (unpaired) electrons. The lowest BCUT2D eigenvalue weighted by atomic mass is 9.58. The number of epoxide rings is 1. The minimum Gasteiger partial charge on any atom is -0.479 e. The lowest BCUT2D eigenvalue weighted by Crippen LogP contribution is -2.43. The first-order chi connectivity index (χ1) is 14.5. The van der Waals surface area contributed by atoms with Gasteiger partial charge in [-0.1, -0.05) is 45.1 Å². The predicted octanol–water partition coefficient (Wildman–Crippen LogP) is 6.17. The van der Waals surface area contributed by atoms with Crippen LogP contribution in [0.4, 0.5) is 0 Å². The molecule has 3 heteroatoms. The zero-order chi connectivity index (χ0) is 22.6. The van der Waals surface area contributed by atoms with Crippen molar-refractivity contribution in [3.05, 3.63) is 36.1 Å². The van der Waals surface area contributed by atoms with E-state index in [1.165, 1.54) is 37.0 Å². The second-order valence-electron chi connectivity index (χ2n) is 12.0. The number of hydrogen-bond acceptors (Lipinski definition) is 3. The number of fused-ring (bicyclic) bond motifs is 2. The second-order valence-corrected chi connectivity index (χ2v) is 12.0. The number of aliphatic hydroxyl groups excluding tert-OH is 1. The van der Waals surface area contributed by atoms with E-state index in [4.69, 9.17) is 4.74 Å². The van der Waals surface area contributed by atoms with Gasteiger partial charge in [-0.3, -0.25) is 0 Å². The van der Waals surface area contributed by atoms with E-state index in [-0.39, 0.29) is 23.5 Å². The highest BCUT2D eigenvalue weighted by Gasteiger charge is 2.68. The lowest BCUT2D eigenvalue weighted by Gasteiger charge is -2.44. The van der Waals surface area contributed by atoms with Gasteiger partial charge in [0.15, 0.2) is 5.60 Å². The monoisotopic (exact) mass is 428 g/mol. The summed E-state index contributed by atoms with van der Waals surface area (Å²) in [5.74, 6) is 3.38. The van der Waals surface area contributed by atoms with E-state index >= 15 is 0 Å². The van der Waals surface area contributed by atoms with Crippen molar-refractivity contribution >= 4 is 0 Å². The normalized spacial score (nSPS) is 43.8. The van der Waals surface area contributed by atoms with Gasteiger partial charge in [-0.25, -0.2) is 0 Å². The highest BCUT2D eigenvalue weighted by Crippen LogP contribution is 2.68. The Hall–Kier alpha value is -1.06. The fourth-order valence-corrected chi connectivity index (χ4v) is 7.12. The van der Waals surface area contributed by atoms with Gasteiger partial charge in [0.2, 0.25) is 0 Å². The second kappa shape index (κ2) is 8.06. The maximum atomic E-state index is 10.3. The summed E-state index contributed by atoms with van der Waals surface area (Å²) in [6, 6.07) is 0. The molecule has 8 atom stereocenters. The van der Waals surface area contributed by atoms with Crippen LogP contribution in [0.2, 0.25) is 0 Å². The fourth-order valence-electron chi connectivity index (χ4n) is 7.12. The maximum absolute atomic E-state index is 10.3. The Labute approximate surface area is 189 Å². The molecule has 1 aliphatic heterocycles. The minimum atomic E-state index is -0.675. The molecule has 3 saturated carbocycles. The fraction of sp³-hybridized carbons (Fsp3) is 0.786. The summed E-state index contributed by atoms with van der Waals surface area (Å²) < 4.78 is 6.47. The van der Waals surface area contributed by atoms with Gasteiger partial charge in [-0.05, 0) is 88.5 Å². The maximum Gasteiger partial charge on any atom is 0.168 e. The summed E-state index contributed by atoms with van der Waals surface area (Å²) in [6.07, 6.45) is 15.4. The molecular formula is C28H44O3. The Kier molecular flexibility index (Phi) is 6.01. The SMILES string of the molecule is C=C1CC[C@H](O)CC1/C=C1/OC12CCC[C@]1(C)[C@@H]([C@H](C)/C=C/[C@H](C)C(C)(C)O)CC[C@@H]21. The van der Waals surface area contributed by atoms with Crippen LogP contribution in [0.25, 0.3) is 0 Å². The van der Waals surface area contributed by atoms with E-state index in [1.807, 2.05) is 13.8 Å². The largest absolute Gasteiger partial charge is 0.479 e. The highest BCUT2D eigenvalue weighted by molar-refractivity contribution is 5.34. The number of aliphatic hydroxyl groups is 2. The van der Waals surface area contributed by atoms with Crippen LogP contribution in [-0.2, 0) is 4.74 Å². The quantitative estimate of drug-likeness (QED) is 0.406. The third kappa shape index (κ3) is 4.17. The molecule has 3 aliphatic carbocycles. The van der Waals surface area contributed by atoms with Crippen molar-refractivity contribution in [1.29, 1.82) is 0 Å². The van der Waals surface area contributed by atoms with Crippen molar-refractivity contribution in [2.45, 2.75) is 103 Å². The number of hydrogen-bond donors (Lipinski definition) is 2. The van der Waals surface area contributed by atoms with E-state index in [1.54, 1.807) is 0 Å². The van der Waals surface area contributed by atoms with Crippen molar-refractivity contribution < 1.29 is 14.9 Å². The van der Waals surface area contributed by atoms with E-state index in [2.05, 4.69) is 45.6 Å². The van der Waals surface area contributed by atoms with Crippen LogP contribution in [0.1, 0.15) is 86.0 Å². The van der Waals surface area contributed by atoms with Gasteiger partial charge in [0.1, 0.15) is 5.76 Å². The summed E-state index contributed by atoms with van der Waals surface area (Å²) in [7, 11) is 0. The molecule has 1 spiro atoms. The average Bonchev–Trinajstić information content (AvgIpc) is 3.21. The summed E-state index contributed by atoms with van der Waals surface area (Å²) >= 11 is 0. The Morgan fingerprint density at radius 3 is 2.61 bits per heavy atom. The molecule has 0 aromatic heterocycles. The van der Waals surface area contributed by atoms with Crippen molar-refractivity contribution in [1.82, 2.24) is 0 Å². The molecule has 0 aromatic rings. The summed E-state index contributed by atoms with van der Waals surface area (Å²) in [5.41, 5.74) is 0.837. The van der Waals surface area contributed by atoms with Gasteiger partial charge in [0.25, 0.3) is 0 Å². The molecule has 0 aromatic carbocycles. The van der Waals surface area contributed by atoms with Crippen LogP contribution in [0.15, 0.2) is 36.1 Å². The van der Waals surface area contributed by atoms with Gasteiger partial charge in [-0.15, -0.1) is 0 Å². The van der Waals surface area contributed by atoms with E-state index in [9.17, 15) is 10.2 Å². The van der Waals surface area contributed by atoms with Crippen molar-refractivity contribution in [3.8, 4) is 0 Å². The Morgan fingerprint density at radius 2 is 1.90 bits per heavy atom. The van der Waals surface area contributed by atoms with Gasteiger partial charge in [0.05, 0.1) is 11.7 Å². The van der Waals surface area contributed by atoms with Crippen molar-refractivity contribution in [3.63, 3.8) is 0 Å². The number of ether oxygens (including phenoxy) is 1. The van der Waals surface area contributed by atoms with Gasteiger partial charge >= 0.3 is 0 Å². The molecule has 1 saturated heterocycles. The number of rotatable bonds is 5. The smallest absolute Gasteiger partial charge is 0.168 e. The van der Waals surface area contributed by atoms with Crippen LogP contribution in [0.5, 0.6) is 0 Å². The number of allylic oxidation sites excluding steroid dienone is 3. The first-order valence-corrected chi connectivity index (χ1v) is 12.6. The first-order valence-electron chi connectivity index (χ1n) is 12.6. The highest BCUT2D eigenvalue weighted by atomic mass is 16.6. The molecule has 4 aliphatic rings. The van der Waals surface area contributed by atoms with E-state index < -0.39 is 5.60 Å². The summed E-state index contributed by atoms with van der Waals surface area (Å²) in [5, 5.41) is 20.4. The van der Waals surface area contributed by atoms with Crippen LogP contribution >= 0.6 is 0 Å². The molecule has 1 heterocycles. The molecular weight excluding hydrogens is 384 g/mol.